The highest BCUT2D eigenvalue weighted by molar-refractivity contribution is 5.83. The van der Waals surface area contributed by atoms with Crippen LogP contribution < -0.4 is 0 Å². The van der Waals surface area contributed by atoms with Crippen molar-refractivity contribution in [2.75, 3.05) is 0 Å². The van der Waals surface area contributed by atoms with Gasteiger partial charge in [0.25, 0.3) is 0 Å². The molecule has 0 bridgehead atoms. The molecule has 3 unspecified atom stereocenters. The van der Waals surface area contributed by atoms with E-state index in [9.17, 15) is 14.4 Å². The van der Waals surface area contributed by atoms with E-state index in [0.29, 0.717) is 0 Å². The molecule has 17 heavy (non-hydrogen) atoms. The quantitative estimate of drug-likeness (QED) is 0.316. The minimum atomic E-state index is -2.27. The molecule has 0 saturated carbocycles. The lowest BCUT2D eigenvalue weighted by molar-refractivity contribution is -0.165. The molecule has 100 valence electrons. The third-order valence-corrected chi connectivity index (χ3v) is 1.28. The fourth-order valence-corrected chi connectivity index (χ4v) is 0.523. The van der Waals surface area contributed by atoms with Crippen molar-refractivity contribution in [2.45, 2.75) is 31.7 Å². The van der Waals surface area contributed by atoms with Gasteiger partial charge < -0.3 is 30.6 Å². The van der Waals surface area contributed by atoms with Crippen LogP contribution in [0.4, 0.5) is 0 Å². The molecule has 0 aliphatic carbocycles. The van der Waals surface area contributed by atoms with Crippen molar-refractivity contribution in [3.8, 4) is 0 Å². The molecule has 0 radical (unpaired) electrons. The predicted molar refractivity (Wildman–Crippen MR) is 51.2 cm³/mol. The molecule has 0 aliphatic heterocycles. The van der Waals surface area contributed by atoms with Crippen LogP contribution in [0.25, 0.3) is 0 Å². The Bertz CT molecular complexity index is 254. The van der Waals surface area contributed by atoms with Gasteiger partial charge in [0, 0.05) is 0 Å². The molecule has 0 aromatic heterocycles. The predicted octanol–water partition coefficient (Wildman–Crippen LogP) is -2.28. The largest absolute Gasteiger partial charge is 0.481 e. The van der Waals surface area contributed by atoms with Gasteiger partial charge in [0.05, 0.1) is 12.5 Å². The summed E-state index contributed by atoms with van der Waals surface area (Å²) in [5.41, 5.74) is 0. The maximum atomic E-state index is 9.77. The highest BCUT2D eigenvalue weighted by Gasteiger charge is 2.29. The van der Waals surface area contributed by atoms with Crippen molar-refractivity contribution in [3.05, 3.63) is 0 Å². The van der Waals surface area contributed by atoms with Gasteiger partial charge in [0.1, 0.15) is 0 Å². The second-order valence-corrected chi connectivity index (χ2v) is 3.01. The topological polar surface area (TPSA) is 173 Å². The van der Waals surface area contributed by atoms with E-state index in [4.69, 9.17) is 30.6 Å². The van der Waals surface area contributed by atoms with Crippen molar-refractivity contribution in [2.24, 2.45) is 0 Å². The molecule has 9 nitrogen and oxygen atoms in total. The minimum absolute atomic E-state index is 0.167. The van der Waals surface area contributed by atoms with Gasteiger partial charge in [0.15, 0.2) is 12.2 Å². The monoisotopic (exact) mass is 254 g/mol. The van der Waals surface area contributed by atoms with Crippen molar-refractivity contribution in [1.29, 1.82) is 0 Å². The summed E-state index contributed by atoms with van der Waals surface area (Å²) in [5, 5.41) is 48.8. The summed E-state index contributed by atoms with van der Waals surface area (Å²) in [5.74, 6) is -4.50. The summed E-state index contributed by atoms with van der Waals surface area (Å²) in [7, 11) is 0. The van der Waals surface area contributed by atoms with Crippen molar-refractivity contribution in [3.63, 3.8) is 0 Å². The van der Waals surface area contributed by atoms with Gasteiger partial charge in [-0.25, -0.2) is 9.59 Å². The van der Waals surface area contributed by atoms with E-state index in [1.807, 2.05) is 0 Å². The number of aliphatic hydroxyl groups excluding tert-OH is 3. The zero-order valence-electron chi connectivity index (χ0n) is 8.85. The summed E-state index contributed by atoms with van der Waals surface area (Å²) < 4.78 is 0. The van der Waals surface area contributed by atoms with Crippen LogP contribution in [0, 0.1) is 0 Å². The molecule has 0 heterocycles. The third kappa shape index (κ3) is 10.6. The Morgan fingerprint density at radius 1 is 0.882 bits per heavy atom. The van der Waals surface area contributed by atoms with Gasteiger partial charge in [-0.1, -0.05) is 0 Å². The zero-order valence-corrected chi connectivity index (χ0v) is 8.85. The molecule has 0 aromatic rings. The van der Waals surface area contributed by atoms with Crippen LogP contribution >= 0.6 is 0 Å². The number of aliphatic hydroxyl groups is 3. The summed E-state index contributed by atoms with van der Waals surface area (Å²) in [6.45, 7) is 1.44. The van der Waals surface area contributed by atoms with Crippen LogP contribution in [0.5, 0.6) is 0 Å². The maximum Gasteiger partial charge on any atom is 0.335 e. The average Bonchev–Trinajstić information content (AvgIpc) is 2.13. The van der Waals surface area contributed by atoms with E-state index in [-0.39, 0.29) is 6.42 Å². The number of aliphatic carboxylic acids is 3. The number of carboxylic acids is 3. The third-order valence-electron chi connectivity index (χ3n) is 1.28. The number of hydrogen-bond acceptors (Lipinski definition) is 6. The molecular formula is C8H14O9. The van der Waals surface area contributed by atoms with Crippen molar-refractivity contribution >= 4 is 17.9 Å². The Labute approximate surface area is 95.5 Å². The molecule has 0 aliphatic rings. The lowest BCUT2D eigenvalue weighted by atomic mass is 10.2. The fraction of sp³-hybridized carbons (Fsp3) is 0.625. The normalized spacial score (nSPS) is 14.8. The Kier molecular flexibility index (Phi) is 8.78. The highest BCUT2D eigenvalue weighted by atomic mass is 16.4. The van der Waals surface area contributed by atoms with Crippen LogP contribution in [-0.2, 0) is 14.4 Å². The van der Waals surface area contributed by atoms with Gasteiger partial charge in [-0.2, -0.15) is 0 Å². The van der Waals surface area contributed by atoms with Gasteiger partial charge in [0.2, 0.25) is 0 Å². The zero-order chi connectivity index (χ0) is 14.2. The summed E-state index contributed by atoms with van der Waals surface area (Å²) >= 11 is 0. The van der Waals surface area contributed by atoms with E-state index < -0.39 is 36.2 Å². The van der Waals surface area contributed by atoms with Gasteiger partial charge in [-0.05, 0) is 6.92 Å². The van der Waals surface area contributed by atoms with E-state index in [1.165, 1.54) is 6.92 Å². The minimum Gasteiger partial charge on any atom is -0.481 e. The first-order chi connectivity index (χ1) is 7.59. The Morgan fingerprint density at radius 3 is 1.24 bits per heavy atom. The molecule has 6 N–H and O–H groups in total. The second-order valence-electron chi connectivity index (χ2n) is 3.01. The molecule has 9 heteroatoms. The first-order valence-corrected chi connectivity index (χ1v) is 4.31. The van der Waals surface area contributed by atoms with Crippen LogP contribution in [-0.4, -0.2) is 66.9 Å². The van der Waals surface area contributed by atoms with Crippen LogP contribution in [0.3, 0.4) is 0 Å². The van der Waals surface area contributed by atoms with Crippen LogP contribution in [0.1, 0.15) is 13.3 Å². The lowest BCUT2D eigenvalue weighted by Crippen LogP contribution is -2.39. The Balaban J connectivity index is 0. The standard InChI is InChI=1S/C4H6O6.C4H8O3/c5-1(3(7)8)2(6)4(9)10;1-3(5)2-4(6)7/h1-2,5-6H,(H,7,8)(H,9,10);3,5H,2H2,1H3,(H,6,7). The lowest BCUT2D eigenvalue weighted by Gasteiger charge is -2.07. The molecule has 0 rings (SSSR count). The molecule has 3 atom stereocenters. The smallest absolute Gasteiger partial charge is 0.335 e. The number of carboxylic acid groups (broad SMARTS) is 3. The molecule has 0 aromatic carbocycles. The van der Waals surface area contributed by atoms with E-state index in [0.717, 1.165) is 0 Å². The van der Waals surface area contributed by atoms with Gasteiger partial charge in [-0.3, -0.25) is 4.79 Å². The van der Waals surface area contributed by atoms with Crippen molar-refractivity contribution < 1.29 is 45.0 Å². The van der Waals surface area contributed by atoms with E-state index in [1.54, 1.807) is 0 Å². The second kappa shape index (κ2) is 8.44. The SMILES string of the molecule is CC(O)CC(=O)O.O=C(O)C(O)C(O)C(=O)O. The molecule has 0 fully saturated rings. The van der Waals surface area contributed by atoms with E-state index in [2.05, 4.69) is 0 Å². The first kappa shape index (κ1) is 17.7. The number of rotatable bonds is 5. The molecular weight excluding hydrogens is 240 g/mol. The van der Waals surface area contributed by atoms with Crippen LogP contribution in [0.15, 0.2) is 0 Å². The van der Waals surface area contributed by atoms with Gasteiger partial charge in [-0.15, -0.1) is 0 Å². The summed E-state index contributed by atoms with van der Waals surface area (Å²) in [6, 6.07) is 0. The summed E-state index contributed by atoms with van der Waals surface area (Å²) in [4.78, 5) is 29.2. The average molecular weight is 254 g/mol. The fourth-order valence-electron chi connectivity index (χ4n) is 0.523. The number of hydrogen-bond donors (Lipinski definition) is 6. The first-order valence-electron chi connectivity index (χ1n) is 4.31. The Hall–Kier alpha value is -1.71. The molecule has 0 spiro atoms. The van der Waals surface area contributed by atoms with E-state index >= 15 is 0 Å². The Morgan fingerprint density at radius 2 is 1.18 bits per heavy atom. The van der Waals surface area contributed by atoms with Crippen LogP contribution in [0.2, 0.25) is 0 Å². The van der Waals surface area contributed by atoms with Gasteiger partial charge >= 0.3 is 17.9 Å². The van der Waals surface area contributed by atoms with Crippen molar-refractivity contribution in [1.82, 2.24) is 0 Å². The molecule has 0 amide bonds. The summed E-state index contributed by atoms with van der Waals surface area (Å²) in [6.07, 6.45) is -5.42. The maximum absolute atomic E-state index is 9.77. The number of carbonyl (C=O) groups is 3. The highest BCUT2D eigenvalue weighted by Crippen LogP contribution is 1.92. The molecule has 0 saturated heterocycles.